The summed E-state index contributed by atoms with van der Waals surface area (Å²) in [5, 5.41) is 3.10. The fourth-order valence-corrected chi connectivity index (χ4v) is 3.28. The quantitative estimate of drug-likeness (QED) is 0.859. The second-order valence-electron chi connectivity index (χ2n) is 6.75. The van der Waals surface area contributed by atoms with Crippen molar-refractivity contribution in [2.24, 2.45) is 11.3 Å². The van der Waals surface area contributed by atoms with Crippen molar-refractivity contribution in [3.05, 3.63) is 54.3 Å². The van der Waals surface area contributed by atoms with Gasteiger partial charge in [0.2, 0.25) is 0 Å². The van der Waals surface area contributed by atoms with E-state index in [-0.39, 0.29) is 17.2 Å². The molecule has 25 heavy (non-hydrogen) atoms. The molecule has 3 rings (SSSR count). The van der Waals surface area contributed by atoms with Gasteiger partial charge in [0, 0.05) is 24.4 Å². The summed E-state index contributed by atoms with van der Waals surface area (Å²) in [6, 6.07) is 9.65. The fourth-order valence-electron chi connectivity index (χ4n) is 3.28. The lowest BCUT2D eigenvalue weighted by Crippen LogP contribution is -2.45. The average Bonchev–Trinajstić information content (AvgIpc) is 3.17. The molecule has 1 aliphatic carbocycles. The molecule has 1 saturated heterocycles. The van der Waals surface area contributed by atoms with Crippen molar-refractivity contribution >= 4 is 11.6 Å². The Balaban J connectivity index is 1.98. The molecule has 130 valence electrons. The first kappa shape index (κ1) is 17.5. The van der Waals surface area contributed by atoms with Crippen LogP contribution in [-0.4, -0.2) is 25.3 Å². The molecule has 4 nitrogen and oxygen atoms in total. The van der Waals surface area contributed by atoms with Crippen LogP contribution in [0.5, 0.6) is 0 Å². The molecular weight excluding hydrogens is 312 g/mol. The van der Waals surface area contributed by atoms with Crippen LogP contribution >= 0.6 is 0 Å². The monoisotopic (exact) mass is 336 g/mol. The second-order valence-corrected chi connectivity index (χ2v) is 6.75. The average molecular weight is 336 g/mol. The molecule has 0 saturated carbocycles. The lowest BCUT2D eigenvalue weighted by atomic mass is 9.72. The molecule has 0 bridgehead atoms. The number of allylic oxidation sites excluding steroid dienone is 4. The molecule has 1 heterocycles. The third kappa shape index (κ3) is 3.39. The topological polar surface area (TPSA) is 41.6 Å². The first-order valence-corrected chi connectivity index (χ1v) is 8.67. The van der Waals surface area contributed by atoms with Crippen molar-refractivity contribution < 1.29 is 9.53 Å². The van der Waals surface area contributed by atoms with Gasteiger partial charge in [0.1, 0.15) is 0 Å². The second kappa shape index (κ2) is 7.26. The third-order valence-electron chi connectivity index (χ3n) is 4.92. The molecule has 0 radical (unpaired) electrons. The standard InChI is InChI=1S/C21H24N2O2/c1-4-21(16(2)3)12-8-11-18(15-21)23(17-9-6-5-7-10-17)20(24)19-22-13-14-25-19/h1,5-12,16,19,22H,13-15H2,2-3H3. The van der Waals surface area contributed by atoms with Gasteiger partial charge in [0.25, 0.3) is 5.91 Å². The van der Waals surface area contributed by atoms with Gasteiger partial charge in [-0.05, 0) is 24.1 Å². The molecule has 1 amide bonds. The van der Waals surface area contributed by atoms with E-state index in [1.807, 2.05) is 42.5 Å². The minimum absolute atomic E-state index is 0.111. The van der Waals surface area contributed by atoms with E-state index >= 15 is 0 Å². The lowest BCUT2D eigenvalue weighted by molar-refractivity contribution is -0.127. The Kier molecular flexibility index (Phi) is 5.08. The number of hydrogen-bond acceptors (Lipinski definition) is 3. The fraction of sp³-hybridized carbons (Fsp3) is 0.381. The Morgan fingerprint density at radius 1 is 1.40 bits per heavy atom. The first-order valence-electron chi connectivity index (χ1n) is 8.67. The van der Waals surface area contributed by atoms with Crippen molar-refractivity contribution in [3.63, 3.8) is 0 Å². The highest BCUT2D eigenvalue weighted by molar-refractivity contribution is 5.99. The van der Waals surface area contributed by atoms with Crippen LogP contribution in [-0.2, 0) is 9.53 Å². The predicted molar refractivity (Wildman–Crippen MR) is 99.6 cm³/mol. The van der Waals surface area contributed by atoms with Gasteiger partial charge in [-0.2, -0.15) is 0 Å². The first-order chi connectivity index (χ1) is 12.1. The Morgan fingerprint density at radius 2 is 2.16 bits per heavy atom. The largest absolute Gasteiger partial charge is 0.352 e. The molecule has 1 aromatic carbocycles. The third-order valence-corrected chi connectivity index (χ3v) is 4.92. The van der Waals surface area contributed by atoms with E-state index in [0.717, 1.165) is 11.4 Å². The molecule has 2 atom stereocenters. The molecule has 0 aromatic heterocycles. The normalized spacial score (nSPS) is 25.5. The molecule has 1 aliphatic heterocycles. The number of hydrogen-bond donors (Lipinski definition) is 1. The maximum atomic E-state index is 13.1. The number of carbonyl (C=O) groups excluding carboxylic acids is 1. The van der Waals surface area contributed by atoms with E-state index < -0.39 is 6.23 Å². The van der Waals surface area contributed by atoms with Gasteiger partial charge in [0.15, 0.2) is 6.23 Å². The number of carbonyl (C=O) groups is 1. The Morgan fingerprint density at radius 3 is 2.76 bits per heavy atom. The number of amides is 1. The van der Waals surface area contributed by atoms with Crippen molar-refractivity contribution in [3.8, 4) is 12.3 Å². The van der Waals surface area contributed by atoms with Crippen LogP contribution in [0, 0.1) is 23.7 Å². The molecular formula is C21H24N2O2. The van der Waals surface area contributed by atoms with E-state index in [9.17, 15) is 4.79 Å². The summed E-state index contributed by atoms with van der Waals surface area (Å²) >= 11 is 0. The number of nitrogens with one attached hydrogen (secondary N) is 1. The maximum absolute atomic E-state index is 13.1. The van der Waals surface area contributed by atoms with Crippen molar-refractivity contribution in [2.45, 2.75) is 26.5 Å². The van der Waals surface area contributed by atoms with E-state index in [0.29, 0.717) is 19.6 Å². The van der Waals surface area contributed by atoms with Crippen LogP contribution < -0.4 is 10.2 Å². The van der Waals surface area contributed by atoms with Crippen LogP contribution in [0.15, 0.2) is 54.3 Å². The summed E-state index contributed by atoms with van der Waals surface area (Å²) in [5.74, 6) is 3.11. The summed E-state index contributed by atoms with van der Waals surface area (Å²) < 4.78 is 5.55. The predicted octanol–water partition coefficient (Wildman–Crippen LogP) is 3.08. The van der Waals surface area contributed by atoms with Crippen molar-refractivity contribution in [1.29, 1.82) is 0 Å². The maximum Gasteiger partial charge on any atom is 0.275 e. The number of nitrogens with zero attached hydrogens (tertiary/aromatic N) is 1. The smallest absolute Gasteiger partial charge is 0.275 e. The Bertz CT molecular complexity index is 724. The zero-order valence-electron chi connectivity index (χ0n) is 14.7. The van der Waals surface area contributed by atoms with Gasteiger partial charge in [-0.25, -0.2) is 0 Å². The van der Waals surface area contributed by atoms with Gasteiger partial charge in [-0.1, -0.05) is 50.1 Å². The highest BCUT2D eigenvalue weighted by atomic mass is 16.5. The summed E-state index contributed by atoms with van der Waals surface area (Å²) in [6.07, 6.45) is 11.9. The van der Waals surface area contributed by atoms with E-state index in [2.05, 4.69) is 31.2 Å². The number of terminal acetylenes is 1. The van der Waals surface area contributed by atoms with E-state index in [1.165, 1.54) is 0 Å². The van der Waals surface area contributed by atoms with Gasteiger partial charge < -0.3 is 4.74 Å². The van der Waals surface area contributed by atoms with E-state index in [1.54, 1.807) is 4.90 Å². The van der Waals surface area contributed by atoms with Gasteiger partial charge in [-0.3, -0.25) is 15.0 Å². The van der Waals surface area contributed by atoms with Crippen LogP contribution in [0.4, 0.5) is 5.69 Å². The number of rotatable bonds is 4. The number of benzene rings is 1. The minimum Gasteiger partial charge on any atom is -0.352 e. The molecule has 1 aromatic rings. The summed E-state index contributed by atoms with van der Waals surface area (Å²) in [5.41, 5.74) is 1.32. The molecule has 0 spiro atoms. The number of anilines is 1. The molecule has 2 unspecified atom stereocenters. The van der Waals surface area contributed by atoms with Crippen LogP contribution in [0.3, 0.4) is 0 Å². The highest BCUT2D eigenvalue weighted by Crippen LogP contribution is 2.40. The Hall–Kier alpha value is -2.35. The minimum atomic E-state index is -0.619. The molecule has 1 N–H and O–H groups in total. The van der Waals surface area contributed by atoms with Crippen LogP contribution in [0.1, 0.15) is 20.3 Å². The van der Waals surface area contributed by atoms with Gasteiger partial charge in [-0.15, -0.1) is 6.42 Å². The van der Waals surface area contributed by atoms with Gasteiger partial charge in [0.05, 0.1) is 12.0 Å². The van der Waals surface area contributed by atoms with Crippen molar-refractivity contribution in [1.82, 2.24) is 5.32 Å². The summed E-state index contributed by atoms with van der Waals surface area (Å²) in [4.78, 5) is 14.9. The lowest BCUT2D eigenvalue weighted by Gasteiger charge is -2.37. The van der Waals surface area contributed by atoms with Crippen LogP contribution in [0.25, 0.3) is 0 Å². The molecule has 4 heteroatoms. The SMILES string of the molecule is C#CC1(C(C)C)C=CC=C(N(C(=O)C2NCCO2)c2ccccc2)C1. The highest BCUT2D eigenvalue weighted by Gasteiger charge is 2.37. The number of ether oxygens (including phenoxy) is 1. The van der Waals surface area contributed by atoms with Crippen LogP contribution in [0.2, 0.25) is 0 Å². The van der Waals surface area contributed by atoms with E-state index in [4.69, 9.17) is 11.2 Å². The molecule has 2 aliphatic rings. The van der Waals surface area contributed by atoms with Gasteiger partial charge >= 0.3 is 0 Å². The summed E-state index contributed by atoms with van der Waals surface area (Å²) in [7, 11) is 0. The zero-order chi connectivity index (χ0) is 17.9. The summed E-state index contributed by atoms with van der Waals surface area (Å²) in [6.45, 7) is 5.45. The Labute approximate surface area is 149 Å². The number of para-hydroxylation sites is 1. The van der Waals surface area contributed by atoms with Crippen molar-refractivity contribution in [2.75, 3.05) is 18.1 Å². The zero-order valence-corrected chi connectivity index (χ0v) is 14.7. The molecule has 1 fully saturated rings.